The minimum atomic E-state index is -4.31. The second-order valence-electron chi connectivity index (χ2n) is 11.7. The van der Waals surface area contributed by atoms with Crippen LogP contribution in [0.2, 0.25) is 0 Å². The van der Waals surface area contributed by atoms with Crippen molar-refractivity contribution >= 4 is 87.6 Å². The zero-order valence-corrected chi connectivity index (χ0v) is 33.7. The van der Waals surface area contributed by atoms with Gasteiger partial charge in [0.05, 0.1) is 0 Å². The van der Waals surface area contributed by atoms with Crippen molar-refractivity contribution in [2.45, 2.75) is 0 Å². The Labute approximate surface area is 301 Å². The third kappa shape index (κ3) is 6.74. The molecule has 0 spiro atoms. The molecule has 48 heavy (non-hydrogen) atoms. The van der Waals surface area contributed by atoms with Gasteiger partial charge in [0.15, 0.2) is 0 Å². The molecule has 0 atom stereocenters. The van der Waals surface area contributed by atoms with Gasteiger partial charge < -0.3 is 0 Å². The van der Waals surface area contributed by atoms with E-state index in [9.17, 15) is 0 Å². The van der Waals surface area contributed by atoms with Gasteiger partial charge in [-0.2, -0.15) is 0 Å². The van der Waals surface area contributed by atoms with E-state index >= 15 is 0 Å². The Kier molecular flexibility index (Phi) is 10.6. The van der Waals surface area contributed by atoms with Gasteiger partial charge in [-0.15, -0.1) is 0 Å². The first-order valence-electron chi connectivity index (χ1n) is 16.1. The molecule has 0 fully saturated rings. The summed E-state index contributed by atoms with van der Waals surface area (Å²) in [6, 6.07) is 73.5. The topological polar surface area (TPSA) is 18.5 Å². The molecule has 7 rings (SSSR count). The van der Waals surface area contributed by atoms with E-state index in [1.165, 1.54) is 21.5 Å². The van der Waals surface area contributed by atoms with E-state index in [-0.39, 0.29) is 0 Å². The number of hydrogen-bond donors (Lipinski definition) is 0. The summed E-state index contributed by atoms with van der Waals surface area (Å²) < 4.78 is 24.3. The minimum absolute atomic E-state index is 0.661. The first-order chi connectivity index (χ1) is 23.7. The molecule has 7 aromatic carbocycles. The molecule has 0 amide bonds. The number of halogens is 1. The third-order valence-electron chi connectivity index (χ3n) is 8.79. The second-order valence-corrected chi connectivity index (χ2v) is 31.6. The van der Waals surface area contributed by atoms with E-state index in [4.69, 9.17) is 5.98 Å². The van der Waals surface area contributed by atoms with Gasteiger partial charge in [0.2, 0.25) is 0 Å². The van der Waals surface area contributed by atoms with Crippen molar-refractivity contribution in [2.24, 2.45) is 0 Å². The molecule has 0 unspecified atom stereocenters. The van der Waals surface area contributed by atoms with Crippen LogP contribution in [0.3, 0.4) is 0 Å². The quantitative estimate of drug-likeness (QED) is 0.160. The molecular formula is C42H34BBrO2Sn2. The molecule has 0 aromatic heterocycles. The Hall–Kier alpha value is -3.40. The van der Waals surface area contributed by atoms with Gasteiger partial charge in [0, 0.05) is 0 Å². The predicted octanol–water partition coefficient (Wildman–Crippen LogP) is 5.51. The fraction of sp³-hybridized carbons (Fsp3) is 0. The molecule has 0 saturated heterocycles. The molecule has 0 aliphatic heterocycles. The van der Waals surface area contributed by atoms with Gasteiger partial charge in [-0.3, -0.25) is 0 Å². The Morgan fingerprint density at radius 2 is 0.542 bits per heavy atom. The average Bonchev–Trinajstić information content (AvgIpc) is 3.18. The van der Waals surface area contributed by atoms with E-state index in [1.54, 1.807) is 0 Å². The standard InChI is InChI=1S/C6H4BBrO2.6C6H5.2Sn/c8-6-3-1-5(2-4-6)7(9)10;6*1-2-4-6-5-3-1;;/h1-4H;6*1-5H;;/q-2;;;;;;;2*+1. The van der Waals surface area contributed by atoms with E-state index in [1.807, 2.05) is 0 Å². The van der Waals surface area contributed by atoms with Crippen LogP contribution in [0.15, 0.2) is 211 Å². The third-order valence-corrected chi connectivity index (χ3v) is 32.2. The van der Waals surface area contributed by atoms with Gasteiger partial charge in [0.1, 0.15) is 0 Å². The van der Waals surface area contributed by atoms with Crippen molar-refractivity contribution in [3.05, 3.63) is 211 Å². The maximum atomic E-state index is 7.97. The first kappa shape index (κ1) is 33.1. The van der Waals surface area contributed by atoms with Crippen LogP contribution in [0.1, 0.15) is 0 Å². The molecule has 0 aliphatic carbocycles. The van der Waals surface area contributed by atoms with Crippen molar-refractivity contribution in [3.8, 4) is 0 Å². The van der Waals surface area contributed by atoms with E-state index in [0.29, 0.717) is 0 Å². The van der Waals surface area contributed by atoms with E-state index in [0.717, 1.165) is 9.94 Å². The molecule has 0 aliphatic rings. The zero-order chi connectivity index (χ0) is 32.7. The number of rotatable bonds is 11. The van der Waals surface area contributed by atoms with Crippen LogP contribution in [-0.4, -0.2) is 44.7 Å². The molecule has 0 heterocycles. The van der Waals surface area contributed by atoms with Gasteiger partial charge in [-0.05, 0) is 0 Å². The summed E-state index contributed by atoms with van der Waals surface area (Å²) in [5.41, 5.74) is 0.992. The van der Waals surface area contributed by atoms with Crippen molar-refractivity contribution in [1.82, 2.24) is 0 Å². The predicted molar refractivity (Wildman–Crippen MR) is 210 cm³/mol. The number of hydrogen-bond acceptors (Lipinski definition) is 2. The zero-order valence-electron chi connectivity index (χ0n) is 26.4. The maximum absolute atomic E-state index is 7.97. The fourth-order valence-electron chi connectivity index (χ4n) is 6.55. The van der Waals surface area contributed by atoms with Crippen LogP contribution in [0.4, 0.5) is 0 Å². The van der Waals surface area contributed by atoms with Gasteiger partial charge in [-0.1, -0.05) is 0 Å². The summed E-state index contributed by atoms with van der Waals surface area (Å²) in [5.74, 6) is 0. The van der Waals surface area contributed by atoms with Crippen molar-refractivity contribution in [3.63, 3.8) is 0 Å². The molecule has 7 aromatic rings. The summed E-state index contributed by atoms with van der Waals surface area (Å²) in [4.78, 5) is 0. The van der Waals surface area contributed by atoms with Gasteiger partial charge >= 0.3 is 304 Å². The van der Waals surface area contributed by atoms with Crippen LogP contribution in [-0.2, 0) is 5.98 Å². The van der Waals surface area contributed by atoms with Crippen LogP contribution < -0.4 is 26.9 Å². The molecular weight excluding hydrogens is 865 g/mol. The summed E-state index contributed by atoms with van der Waals surface area (Å²) in [5, 5.41) is 0. The number of benzene rings is 7. The molecule has 232 valence electrons. The van der Waals surface area contributed by atoms with Gasteiger partial charge in [0.25, 0.3) is 0 Å². The van der Waals surface area contributed by atoms with Crippen LogP contribution in [0.5, 0.6) is 0 Å². The summed E-state index contributed by atoms with van der Waals surface area (Å²) in [6.07, 6.45) is 0. The summed E-state index contributed by atoms with van der Waals surface area (Å²) in [7, 11) is -0.661. The fourth-order valence-corrected chi connectivity index (χ4v) is 29.9. The Morgan fingerprint density at radius 1 is 0.312 bits per heavy atom. The van der Waals surface area contributed by atoms with Crippen LogP contribution >= 0.6 is 15.9 Å². The Morgan fingerprint density at radius 3 is 0.771 bits per heavy atom. The van der Waals surface area contributed by atoms with Crippen molar-refractivity contribution in [1.29, 1.82) is 0 Å². The monoisotopic (exact) mass is 900 g/mol. The van der Waals surface area contributed by atoms with Crippen LogP contribution in [0, 0.1) is 0 Å². The molecule has 2 nitrogen and oxygen atoms in total. The Balaban J connectivity index is 1.52. The summed E-state index contributed by atoms with van der Waals surface area (Å²) >= 11 is -4.94. The van der Waals surface area contributed by atoms with Crippen LogP contribution in [0.25, 0.3) is 0 Å². The van der Waals surface area contributed by atoms with E-state index < -0.39 is 44.7 Å². The molecule has 0 bridgehead atoms. The average molecular weight is 899 g/mol. The van der Waals surface area contributed by atoms with Crippen molar-refractivity contribution in [2.75, 3.05) is 0 Å². The first-order valence-corrected chi connectivity index (χ1v) is 27.8. The normalized spacial score (nSPS) is 11.6. The molecule has 0 N–H and O–H groups in total. The van der Waals surface area contributed by atoms with Crippen molar-refractivity contribution < 1.29 is 5.98 Å². The van der Waals surface area contributed by atoms with Gasteiger partial charge in [-0.25, -0.2) is 0 Å². The molecule has 0 saturated carbocycles. The van der Waals surface area contributed by atoms with E-state index in [2.05, 4.69) is 222 Å². The second kappa shape index (κ2) is 15.4. The molecule has 6 heteroatoms. The SMILES string of the molecule is Brc1ccc(B([O][Sn]([c]2ccccc2)([c]2ccccc2)[c]2ccccc2)[O][Sn]([c]2ccccc2)([c]2ccccc2)[c]2ccccc2)cc1. The Bertz CT molecular complexity index is 1700. The summed E-state index contributed by atoms with van der Waals surface area (Å²) in [6.45, 7) is 0. The molecule has 0 radical (unpaired) electrons.